The second-order valence-corrected chi connectivity index (χ2v) is 7.99. The second-order valence-electron chi connectivity index (χ2n) is 7.99. The van der Waals surface area contributed by atoms with Crippen LogP contribution in [0.4, 0.5) is 0 Å². The zero-order valence-electron chi connectivity index (χ0n) is 18.3. The van der Waals surface area contributed by atoms with Crippen molar-refractivity contribution in [3.63, 3.8) is 0 Å². The maximum absolute atomic E-state index is 4.82. The molecule has 0 saturated heterocycles. The van der Waals surface area contributed by atoms with E-state index in [1.807, 2.05) is 85.1 Å². The van der Waals surface area contributed by atoms with E-state index in [1.54, 1.807) is 0 Å². The third-order valence-electron chi connectivity index (χ3n) is 5.80. The van der Waals surface area contributed by atoms with E-state index < -0.39 is 0 Å². The van der Waals surface area contributed by atoms with Gasteiger partial charge in [0.15, 0.2) is 17.5 Å². The lowest BCUT2D eigenvalue weighted by Gasteiger charge is -2.10. The van der Waals surface area contributed by atoms with Crippen LogP contribution in [0, 0.1) is 0 Å². The van der Waals surface area contributed by atoms with Gasteiger partial charge in [0.05, 0.1) is 5.52 Å². The van der Waals surface area contributed by atoms with Gasteiger partial charge in [0.25, 0.3) is 0 Å². The van der Waals surface area contributed by atoms with E-state index in [2.05, 4.69) is 41.4 Å². The van der Waals surface area contributed by atoms with Gasteiger partial charge in [-0.15, -0.1) is 0 Å². The van der Waals surface area contributed by atoms with Crippen LogP contribution in [-0.2, 0) is 0 Å². The highest BCUT2D eigenvalue weighted by Gasteiger charge is 2.12. The molecule has 0 aliphatic rings. The van der Waals surface area contributed by atoms with Crippen molar-refractivity contribution >= 4 is 10.9 Å². The van der Waals surface area contributed by atoms with Gasteiger partial charge >= 0.3 is 0 Å². The van der Waals surface area contributed by atoms with E-state index in [0.717, 1.165) is 38.7 Å². The number of hydrogen-bond donors (Lipinski definition) is 0. The summed E-state index contributed by atoms with van der Waals surface area (Å²) in [6.07, 6.45) is 1.86. The first-order valence-corrected chi connectivity index (χ1v) is 11.2. The SMILES string of the molecule is c1ccc(-c2nc(-c3ccccc3)nc(-c3ccc(-c4ccnc5ccccc45)cc3)n2)cc1. The molecule has 0 spiro atoms. The number of para-hydroxylation sites is 1. The summed E-state index contributed by atoms with van der Waals surface area (Å²) in [6, 6.07) is 38.7. The lowest BCUT2D eigenvalue weighted by Crippen LogP contribution is -2.00. The van der Waals surface area contributed by atoms with Gasteiger partial charge in [-0.3, -0.25) is 4.98 Å². The van der Waals surface area contributed by atoms with Gasteiger partial charge < -0.3 is 0 Å². The van der Waals surface area contributed by atoms with E-state index in [9.17, 15) is 0 Å². The Labute approximate surface area is 197 Å². The number of aromatic nitrogens is 4. The van der Waals surface area contributed by atoms with Crippen LogP contribution in [0.25, 0.3) is 56.2 Å². The monoisotopic (exact) mass is 436 g/mol. The van der Waals surface area contributed by atoms with Crippen molar-refractivity contribution in [2.75, 3.05) is 0 Å². The average molecular weight is 437 g/mol. The Balaban J connectivity index is 1.45. The molecule has 0 aliphatic carbocycles. The minimum absolute atomic E-state index is 0.652. The smallest absolute Gasteiger partial charge is 0.164 e. The second kappa shape index (κ2) is 8.68. The van der Waals surface area contributed by atoms with E-state index in [1.165, 1.54) is 0 Å². The van der Waals surface area contributed by atoms with E-state index in [0.29, 0.717) is 17.5 Å². The van der Waals surface area contributed by atoms with E-state index in [4.69, 9.17) is 15.0 Å². The molecule has 0 N–H and O–H groups in total. The molecular weight excluding hydrogens is 416 g/mol. The third-order valence-corrected chi connectivity index (χ3v) is 5.80. The predicted molar refractivity (Wildman–Crippen MR) is 137 cm³/mol. The predicted octanol–water partition coefficient (Wildman–Crippen LogP) is 7.09. The molecule has 34 heavy (non-hydrogen) atoms. The van der Waals surface area contributed by atoms with Gasteiger partial charge in [0.1, 0.15) is 0 Å². The summed E-state index contributed by atoms with van der Waals surface area (Å²) < 4.78 is 0. The largest absolute Gasteiger partial charge is 0.256 e. The highest BCUT2D eigenvalue weighted by molar-refractivity contribution is 5.94. The van der Waals surface area contributed by atoms with Gasteiger partial charge in [-0.1, -0.05) is 103 Å². The third kappa shape index (κ3) is 3.82. The summed E-state index contributed by atoms with van der Waals surface area (Å²) in [5, 5.41) is 1.13. The molecular formula is C30H20N4. The van der Waals surface area contributed by atoms with E-state index >= 15 is 0 Å². The van der Waals surface area contributed by atoms with Crippen molar-refractivity contribution in [1.29, 1.82) is 0 Å². The Morgan fingerprint density at radius 2 is 0.853 bits per heavy atom. The Morgan fingerprint density at radius 1 is 0.382 bits per heavy atom. The van der Waals surface area contributed by atoms with Crippen LogP contribution in [0.2, 0.25) is 0 Å². The maximum atomic E-state index is 4.82. The Kier molecular flexibility index (Phi) is 5.09. The first-order valence-electron chi connectivity index (χ1n) is 11.2. The van der Waals surface area contributed by atoms with Crippen molar-refractivity contribution in [2.45, 2.75) is 0 Å². The van der Waals surface area contributed by atoms with Gasteiger partial charge in [-0.05, 0) is 23.3 Å². The van der Waals surface area contributed by atoms with Gasteiger partial charge in [0, 0.05) is 28.3 Å². The summed E-state index contributed by atoms with van der Waals surface area (Å²) in [4.78, 5) is 18.9. The van der Waals surface area contributed by atoms with Gasteiger partial charge in [0.2, 0.25) is 0 Å². The molecule has 0 amide bonds. The lowest BCUT2D eigenvalue weighted by atomic mass is 10.00. The van der Waals surface area contributed by atoms with Crippen LogP contribution in [0.5, 0.6) is 0 Å². The average Bonchev–Trinajstić information content (AvgIpc) is 2.93. The molecule has 160 valence electrons. The zero-order valence-corrected chi connectivity index (χ0v) is 18.3. The number of pyridine rings is 1. The number of hydrogen-bond acceptors (Lipinski definition) is 4. The van der Waals surface area contributed by atoms with Crippen LogP contribution in [0.15, 0.2) is 121 Å². The topological polar surface area (TPSA) is 51.6 Å². The summed E-state index contributed by atoms with van der Waals surface area (Å²) in [5.74, 6) is 1.97. The number of fused-ring (bicyclic) bond motifs is 1. The van der Waals surface area contributed by atoms with Crippen molar-refractivity contribution < 1.29 is 0 Å². The summed E-state index contributed by atoms with van der Waals surface area (Å²) in [7, 11) is 0. The Hall–Kier alpha value is -4.70. The molecule has 4 heteroatoms. The molecule has 0 saturated carbocycles. The standard InChI is InChI=1S/C30H20N4/c1-3-9-22(10-4-1)28-32-29(23-11-5-2-6-12-23)34-30(33-28)24-17-15-21(16-18-24)25-19-20-31-27-14-8-7-13-26(25)27/h1-20H. The Morgan fingerprint density at radius 3 is 1.44 bits per heavy atom. The molecule has 0 bridgehead atoms. The fourth-order valence-corrected chi connectivity index (χ4v) is 4.08. The van der Waals surface area contributed by atoms with E-state index in [-0.39, 0.29) is 0 Å². The molecule has 4 nitrogen and oxygen atoms in total. The first-order chi connectivity index (χ1) is 16.8. The molecule has 0 aliphatic heterocycles. The van der Waals surface area contributed by atoms with Crippen molar-refractivity contribution in [1.82, 2.24) is 19.9 Å². The molecule has 0 radical (unpaired) electrons. The van der Waals surface area contributed by atoms with Crippen LogP contribution < -0.4 is 0 Å². The molecule has 6 rings (SSSR count). The van der Waals surface area contributed by atoms with Crippen LogP contribution >= 0.6 is 0 Å². The number of rotatable bonds is 4. The lowest BCUT2D eigenvalue weighted by molar-refractivity contribution is 1.07. The molecule has 0 fully saturated rings. The molecule has 2 aromatic heterocycles. The minimum Gasteiger partial charge on any atom is -0.256 e. The maximum Gasteiger partial charge on any atom is 0.164 e. The fourth-order valence-electron chi connectivity index (χ4n) is 4.08. The molecule has 4 aromatic carbocycles. The fraction of sp³-hybridized carbons (Fsp3) is 0. The van der Waals surface area contributed by atoms with Gasteiger partial charge in [-0.2, -0.15) is 0 Å². The number of benzene rings is 4. The van der Waals surface area contributed by atoms with Crippen molar-refractivity contribution in [2.24, 2.45) is 0 Å². The minimum atomic E-state index is 0.652. The van der Waals surface area contributed by atoms with Gasteiger partial charge in [-0.25, -0.2) is 15.0 Å². The number of nitrogens with zero attached hydrogens (tertiary/aromatic N) is 4. The van der Waals surface area contributed by atoms with Crippen LogP contribution in [0.1, 0.15) is 0 Å². The first kappa shape index (κ1) is 19.9. The van der Waals surface area contributed by atoms with Crippen LogP contribution in [0.3, 0.4) is 0 Å². The highest BCUT2D eigenvalue weighted by Crippen LogP contribution is 2.30. The molecule has 2 heterocycles. The van der Waals surface area contributed by atoms with Crippen molar-refractivity contribution in [3.8, 4) is 45.3 Å². The summed E-state index contributed by atoms with van der Waals surface area (Å²) >= 11 is 0. The van der Waals surface area contributed by atoms with Crippen molar-refractivity contribution in [3.05, 3.63) is 121 Å². The van der Waals surface area contributed by atoms with Crippen LogP contribution in [-0.4, -0.2) is 19.9 Å². The summed E-state index contributed by atoms with van der Waals surface area (Å²) in [6.45, 7) is 0. The quantitative estimate of drug-likeness (QED) is 0.296. The Bertz CT molecular complexity index is 1520. The highest BCUT2D eigenvalue weighted by atomic mass is 15.0. The summed E-state index contributed by atoms with van der Waals surface area (Å²) in [5.41, 5.74) is 6.14. The normalized spacial score (nSPS) is 10.9. The molecule has 0 atom stereocenters. The molecule has 6 aromatic rings. The zero-order chi connectivity index (χ0) is 22.7. The molecule has 0 unspecified atom stereocenters.